The van der Waals surface area contributed by atoms with Crippen molar-refractivity contribution in [1.29, 1.82) is 0 Å². The molecule has 1 aliphatic heterocycles. The Morgan fingerprint density at radius 2 is 1.76 bits per heavy atom. The second-order valence-electron chi connectivity index (χ2n) is 7.85. The van der Waals surface area contributed by atoms with Crippen LogP contribution < -0.4 is 9.64 Å². The Bertz CT molecular complexity index is 1040. The van der Waals surface area contributed by atoms with Gasteiger partial charge < -0.3 is 9.84 Å². The van der Waals surface area contributed by atoms with Crippen LogP contribution in [0.15, 0.2) is 59.9 Å². The zero-order valence-electron chi connectivity index (χ0n) is 16.9. The monoisotopic (exact) mass is 389 g/mol. The first-order valence-electron chi connectivity index (χ1n) is 9.21. The summed E-state index contributed by atoms with van der Waals surface area (Å²) in [6, 6.07) is 13.2. The molecule has 148 valence electrons. The molecule has 2 aromatic carbocycles. The minimum absolute atomic E-state index is 0.0630. The van der Waals surface area contributed by atoms with E-state index in [1.165, 1.54) is 12.0 Å². The summed E-state index contributed by atoms with van der Waals surface area (Å²) in [4.78, 5) is 27.7. The predicted octanol–water partition coefficient (Wildman–Crippen LogP) is 4.19. The summed E-state index contributed by atoms with van der Waals surface area (Å²) in [6.07, 6.45) is 5.43. The number of aliphatic hydroxyl groups is 1. The summed E-state index contributed by atoms with van der Waals surface area (Å²) < 4.78 is 5.48. The molecule has 5 nitrogen and oxygen atoms in total. The molecule has 0 saturated carbocycles. The number of aliphatic hydroxyl groups excluding tert-OH is 1. The van der Waals surface area contributed by atoms with Crippen molar-refractivity contribution in [2.45, 2.75) is 26.8 Å². The second kappa shape index (κ2) is 7.48. The van der Waals surface area contributed by atoms with Gasteiger partial charge in [0.2, 0.25) is 0 Å². The Balaban J connectivity index is 2.24. The van der Waals surface area contributed by atoms with Gasteiger partial charge in [-0.15, -0.1) is 6.42 Å². The quantitative estimate of drug-likeness (QED) is 0.796. The van der Waals surface area contributed by atoms with Crippen LogP contribution in [-0.4, -0.2) is 23.9 Å². The molecule has 1 amide bonds. The lowest BCUT2D eigenvalue weighted by atomic mass is 9.82. The highest BCUT2D eigenvalue weighted by Crippen LogP contribution is 2.45. The van der Waals surface area contributed by atoms with Gasteiger partial charge in [-0.3, -0.25) is 14.5 Å². The lowest BCUT2D eigenvalue weighted by Gasteiger charge is -2.29. The molecule has 0 spiro atoms. The van der Waals surface area contributed by atoms with Gasteiger partial charge in [0, 0.05) is 22.2 Å². The zero-order valence-corrected chi connectivity index (χ0v) is 16.9. The third-order valence-corrected chi connectivity index (χ3v) is 4.88. The third-order valence-electron chi connectivity index (χ3n) is 4.88. The molecule has 29 heavy (non-hydrogen) atoms. The predicted molar refractivity (Wildman–Crippen MR) is 112 cm³/mol. The smallest absolute Gasteiger partial charge is 0.294 e. The number of terminal acetylenes is 1. The molecule has 0 saturated heterocycles. The summed E-state index contributed by atoms with van der Waals surface area (Å²) in [5.74, 6) is 1.57. The van der Waals surface area contributed by atoms with E-state index in [4.69, 9.17) is 11.2 Å². The average Bonchev–Trinajstić information content (AvgIpc) is 2.97. The average molecular weight is 389 g/mol. The minimum atomic E-state index is -0.818. The molecule has 1 heterocycles. The zero-order chi connectivity index (χ0) is 21.3. The highest BCUT2D eigenvalue weighted by molar-refractivity contribution is 6.17. The molecule has 0 aliphatic carbocycles. The maximum absolute atomic E-state index is 13.2. The Morgan fingerprint density at radius 1 is 1.14 bits per heavy atom. The molecule has 2 aromatic rings. The molecular formula is C24H23NO4. The molecule has 1 atom stereocenters. The summed E-state index contributed by atoms with van der Waals surface area (Å²) in [7, 11) is 1.52. The number of methoxy groups -OCH3 is 1. The van der Waals surface area contributed by atoms with Gasteiger partial charge in [-0.2, -0.15) is 0 Å². The maximum atomic E-state index is 13.2. The first kappa shape index (κ1) is 20.2. The van der Waals surface area contributed by atoms with Crippen LogP contribution in [0.25, 0.3) is 0 Å². The summed E-state index contributed by atoms with van der Waals surface area (Å²) in [5.41, 5.74) is 1.08. The molecule has 1 N–H and O–H groups in total. The Labute approximate surface area is 170 Å². The molecule has 1 unspecified atom stereocenters. The topological polar surface area (TPSA) is 66.8 Å². The number of hydrogen-bond acceptors (Lipinski definition) is 4. The van der Waals surface area contributed by atoms with Crippen LogP contribution in [0.3, 0.4) is 0 Å². The van der Waals surface area contributed by atoms with Gasteiger partial charge >= 0.3 is 0 Å². The number of carbonyl (C=O) groups is 2. The van der Waals surface area contributed by atoms with E-state index >= 15 is 0 Å². The van der Waals surface area contributed by atoms with Crippen LogP contribution in [0.4, 0.5) is 5.69 Å². The molecule has 0 radical (unpaired) electrons. The molecule has 1 aliphatic rings. The van der Waals surface area contributed by atoms with Crippen LogP contribution in [0, 0.1) is 17.8 Å². The number of Topliss-reactive ketones (excluding diaryl/α,β-unsaturated/α-hetero) is 1. The Hall–Kier alpha value is -3.52. The van der Waals surface area contributed by atoms with E-state index in [1.54, 1.807) is 69.3 Å². The molecular weight excluding hydrogens is 366 g/mol. The van der Waals surface area contributed by atoms with Crippen molar-refractivity contribution in [3.63, 3.8) is 0 Å². The van der Waals surface area contributed by atoms with Gasteiger partial charge in [0.25, 0.3) is 5.91 Å². The number of rotatable bonds is 4. The van der Waals surface area contributed by atoms with Crippen molar-refractivity contribution < 1.29 is 19.4 Å². The van der Waals surface area contributed by atoms with E-state index in [2.05, 4.69) is 5.92 Å². The molecule has 0 aromatic heterocycles. The van der Waals surface area contributed by atoms with Crippen molar-refractivity contribution in [3.8, 4) is 18.1 Å². The fraction of sp³-hybridized carbons (Fsp3) is 0.250. The van der Waals surface area contributed by atoms with Crippen LogP contribution in [0.5, 0.6) is 5.75 Å². The number of para-hydroxylation sites is 1. The van der Waals surface area contributed by atoms with Crippen molar-refractivity contribution in [2.75, 3.05) is 12.0 Å². The number of ether oxygens (including phenoxy) is 1. The molecule has 3 rings (SSSR count). The third kappa shape index (κ3) is 3.50. The molecule has 5 heteroatoms. The highest BCUT2D eigenvalue weighted by atomic mass is 16.5. The number of amides is 1. The van der Waals surface area contributed by atoms with Gasteiger partial charge in [-0.1, -0.05) is 44.9 Å². The van der Waals surface area contributed by atoms with E-state index in [-0.39, 0.29) is 11.4 Å². The lowest BCUT2D eigenvalue weighted by molar-refractivity contribution is -0.123. The van der Waals surface area contributed by atoms with Gasteiger partial charge in [0.1, 0.15) is 5.75 Å². The number of carbonyl (C=O) groups excluding carboxylic acids is 2. The van der Waals surface area contributed by atoms with Gasteiger partial charge in [0.05, 0.1) is 18.7 Å². The number of anilines is 1. The fourth-order valence-electron chi connectivity index (χ4n) is 3.41. The Morgan fingerprint density at radius 3 is 2.31 bits per heavy atom. The SMILES string of the molecule is C#Cc1ccc(N2C(=O)C(O)=C(C(=O)C(C)(C)C)C2c2ccccc2OC)cc1. The molecule has 0 bridgehead atoms. The summed E-state index contributed by atoms with van der Waals surface area (Å²) in [6.45, 7) is 5.26. The number of hydrogen-bond donors (Lipinski definition) is 1. The van der Waals surface area contributed by atoms with Crippen molar-refractivity contribution in [3.05, 3.63) is 71.0 Å². The number of nitrogens with zero attached hydrogens (tertiary/aromatic N) is 1. The maximum Gasteiger partial charge on any atom is 0.294 e. The van der Waals surface area contributed by atoms with E-state index in [0.717, 1.165) is 0 Å². The van der Waals surface area contributed by atoms with Crippen molar-refractivity contribution in [1.82, 2.24) is 0 Å². The van der Waals surface area contributed by atoms with E-state index < -0.39 is 23.1 Å². The number of ketones is 1. The largest absolute Gasteiger partial charge is 0.503 e. The van der Waals surface area contributed by atoms with Gasteiger partial charge in [-0.25, -0.2) is 0 Å². The van der Waals surface area contributed by atoms with Crippen molar-refractivity contribution in [2.24, 2.45) is 5.41 Å². The lowest BCUT2D eigenvalue weighted by Crippen LogP contribution is -2.33. The van der Waals surface area contributed by atoms with E-state index in [1.807, 2.05) is 0 Å². The molecule has 0 fully saturated rings. The van der Waals surface area contributed by atoms with Crippen LogP contribution in [-0.2, 0) is 9.59 Å². The van der Waals surface area contributed by atoms with Gasteiger partial charge in [0.15, 0.2) is 11.5 Å². The standard InChI is InChI=1S/C24H23NO4/c1-6-15-11-13-16(14-12-15)25-20(17-9-7-8-10-18(17)29-5)19(21(26)23(25)28)22(27)24(2,3)4/h1,7-14,20,26H,2-5H3. The normalized spacial score (nSPS) is 16.7. The highest BCUT2D eigenvalue weighted by Gasteiger charge is 2.47. The van der Waals surface area contributed by atoms with Crippen LogP contribution in [0.1, 0.15) is 37.9 Å². The first-order chi connectivity index (χ1) is 13.7. The van der Waals surface area contributed by atoms with Crippen molar-refractivity contribution >= 4 is 17.4 Å². The Kier molecular flexibility index (Phi) is 5.21. The summed E-state index contributed by atoms with van der Waals surface area (Å²) >= 11 is 0. The number of benzene rings is 2. The fourth-order valence-corrected chi connectivity index (χ4v) is 3.41. The van der Waals surface area contributed by atoms with Crippen LogP contribution in [0.2, 0.25) is 0 Å². The van der Waals surface area contributed by atoms with E-state index in [0.29, 0.717) is 22.6 Å². The minimum Gasteiger partial charge on any atom is -0.503 e. The summed E-state index contributed by atoms with van der Waals surface area (Å²) in [5, 5.41) is 10.7. The first-order valence-corrected chi connectivity index (χ1v) is 9.21. The van der Waals surface area contributed by atoms with Gasteiger partial charge in [-0.05, 0) is 30.3 Å². The van der Waals surface area contributed by atoms with E-state index in [9.17, 15) is 14.7 Å². The second-order valence-corrected chi connectivity index (χ2v) is 7.85. The van der Waals surface area contributed by atoms with Crippen LogP contribution >= 0.6 is 0 Å².